The quantitative estimate of drug-likeness (QED) is 0.446. The van der Waals surface area contributed by atoms with E-state index in [1.807, 2.05) is 0 Å². The summed E-state index contributed by atoms with van der Waals surface area (Å²) in [5.41, 5.74) is 0. The fourth-order valence-corrected chi connectivity index (χ4v) is 5.06. The van der Waals surface area contributed by atoms with E-state index >= 15 is 0 Å². The second-order valence-electron chi connectivity index (χ2n) is 4.62. The molecule has 5 rings (SSSR count). The summed E-state index contributed by atoms with van der Waals surface area (Å²) in [4.78, 5) is 11.6. The molecule has 3 saturated carbocycles. The van der Waals surface area contributed by atoms with Gasteiger partial charge in [-0.15, -0.1) is 0 Å². The van der Waals surface area contributed by atoms with Gasteiger partial charge < -0.3 is 9.84 Å². The van der Waals surface area contributed by atoms with Gasteiger partial charge in [-0.05, 0) is 18.8 Å². The molecular formula is C10H13IO3. The second kappa shape index (κ2) is 3.07. The lowest BCUT2D eigenvalue weighted by molar-refractivity contribution is -0.205. The Hall–Kier alpha value is 0.160. The molecule has 78 valence electrons. The molecule has 0 aromatic carbocycles. The standard InChI is InChI=1S/C10H13IO3/c11-8-5-2-1-4-6(3-12)7(5)10(13)14-9(4)8/h4-9,12H,1-3H2/t4-,5+,6+,7+,8-,9+/m1/s1. The van der Waals surface area contributed by atoms with Crippen molar-refractivity contribution in [2.24, 2.45) is 23.7 Å². The predicted molar refractivity (Wildman–Crippen MR) is 58.0 cm³/mol. The first kappa shape index (κ1) is 9.39. The zero-order valence-electron chi connectivity index (χ0n) is 7.73. The molecule has 0 spiro atoms. The number of carbonyl (C=O) groups excluding carboxylic acids is 1. The minimum Gasteiger partial charge on any atom is -0.461 e. The third-order valence-corrected chi connectivity index (χ3v) is 5.82. The smallest absolute Gasteiger partial charge is 0.309 e. The van der Waals surface area contributed by atoms with Crippen molar-refractivity contribution >= 4 is 28.6 Å². The van der Waals surface area contributed by atoms with E-state index in [1.165, 1.54) is 0 Å². The Bertz CT molecular complexity index is 275. The minimum atomic E-state index is -0.0529. The molecule has 6 atom stereocenters. The Morgan fingerprint density at radius 1 is 1.43 bits per heavy atom. The highest BCUT2D eigenvalue weighted by atomic mass is 127. The topological polar surface area (TPSA) is 46.5 Å². The summed E-state index contributed by atoms with van der Waals surface area (Å²) in [6, 6.07) is 0. The SMILES string of the molecule is O=C1O[C@@H]2[C@H](I)[C@H]3CC[C@@H]2[C@H](CO)[C@@H]13. The molecule has 0 aromatic rings. The number of aliphatic hydroxyl groups is 1. The van der Waals surface area contributed by atoms with E-state index in [2.05, 4.69) is 22.6 Å². The van der Waals surface area contributed by atoms with Crippen LogP contribution in [0.1, 0.15) is 12.8 Å². The lowest BCUT2D eigenvalue weighted by Gasteiger charge is -2.57. The Balaban J connectivity index is 2.01. The number of rotatable bonds is 1. The lowest BCUT2D eigenvalue weighted by atomic mass is 9.56. The van der Waals surface area contributed by atoms with Crippen molar-refractivity contribution in [2.75, 3.05) is 6.61 Å². The van der Waals surface area contributed by atoms with Gasteiger partial charge in [0.25, 0.3) is 0 Å². The molecule has 2 aliphatic heterocycles. The average Bonchev–Trinajstić information content (AvgIpc) is 2.20. The maximum absolute atomic E-state index is 11.6. The van der Waals surface area contributed by atoms with Crippen molar-refractivity contribution in [3.8, 4) is 0 Å². The molecule has 14 heavy (non-hydrogen) atoms. The first-order valence-corrected chi connectivity index (χ1v) is 6.44. The number of halogens is 1. The number of hydrogen-bond acceptors (Lipinski definition) is 3. The van der Waals surface area contributed by atoms with Gasteiger partial charge in [0.05, 0.1) is 9.84 Å². The van der Waals surface area contributed by atoms with Gasteiger partial charge in [0.1, 0.15) is 6.10 Å². The number of aliphatic hydroxyl groups excluding tert-OH is 1. The predicted octanol–water partition coefficient (Wildman–Crippen LogP) is 0.980. The third kappa shape index (κ3) is 0.988. The van der Waals surface area contributed by atoms with Crippen LogP contribution in [0.25, 0.3) is 0 Å². The molecule has 3 aliphatic carbocycles. The molecule has 0 aromatic heterocycles. The van der Waals surface area contributed by atoms with Crippen LogP contribution < -0.4 is 0 Å². The third-order valence-electron chi connectivity index (χ3n) is 4.19. The lowest BCUT2D eigenvalue weighted by Crippen LogP contribution is -2.64. The highest BCUT2D eigenvalue weighted by molar-refractivity contribution is 14.1. The molecule has 5 aliphatic rings. The van der Waals surface area contributed by atoms with Crippen LogP contribution in [0.15, 0.2) is 0 Å². The van der Waals surface area contributed by atoms with E-state index in [9.17, 15) is 9.90 Å². The summed E-state index contributed by atoms with van der Waals surface area (Å²) in [6.07, 6.45) is 2.36. The Kier molecular flexibility index (Phi) is 2.06. The summed E-state index contributed by atoms with van der Waals surface area (Å²) < 4.78 is 5.89. The van der Waals surface area contributed by atoms with Crippen molar-refractivity contribution in [1.82, 2.24) is 0 Å². The van der Waals surface area contributed by atoms with E-state index in [0.717, 1.165) is 12.8 Å². The fourth-order valence-electron chi connectivity index (χ4n) is 3.57. The van der Waals surface area contributed by atoms with Gasteiger partial charge in [-0.25, -0.2) is 0 Å². The molecule has 0 unspecified atom stereocenters. The van der Waals surface area contributed by atoms with Crippen molar-refractivity contribution in [2.45, 2.75) is 22.9 Å². The van der Waals surface area contributed by atoms with Crippen molar-refractivity contribution in [1.29, 1.82) is 0 Å². The molecule has 4 bridgehead atoms. The van der Waals surface area contributed by atoms with Gasteiger partial charge >= 0.3 is 5.97 Å². The molecule has 4 heteroatoms. The fraction of sp³-hybridized carbons (Fsp3) is 0.900. The van der Waals surface area contributed by atoms with Crippen LogP contribution in [0.4, 0.5) is 0 Å². The molecular weight excluding hydrogens is 295 g/mol. The van der Waals surface area contributed by atoms with Crippen LogP contribution in [0.3, 0.4) is 0 Å². The largest absolute Gasteiger partial charge is 0.461 e. The van der Waals surface area contributed by atoms with E-state index < -0.39 is 0 Å². The van der Waals surface area contributed by atoms with Gasteiger partial charge in [0.15, 0.2) is 0 Å². The van der Waals surface area contributed by atoms with Crippen LogP contribution in [-0.4, -0.2) is 27.7 Å². The minimum absolute atomic E-state index is 0.00866. The summed E-state index contributed by atoms with van der Waals surface area (Å²) in [5, 5.41) is 9.33. The van der Waals surface area contributed by atoms with E-state index in [0.29, 0.717) is 15.8 Å². The van der Waals surface area contributed by atoms with Gasteiger partial charge in [-0.3, -0.25) is 4.79 Å². The van der Waals surface area contributed by atoms with Crippen LogP contribution in [0, 0.1) is 23.7 Å². The van der Waals surface area contributed by atoms with Crippen molar-refractivity contribution < 1.29 is 14.6 Å². The van der Waals surface area contributed by atoms with Gasteiger partial charge in [0.2, 0.25) is 0 Å². The molecule has 1 N–H and O–H groups in total. The molecule has 2 saturated heterocycles. The van der Waals surface area contributed by atoms with Crippen LogP contribution in [0.5, 0.6) is 0 Å². The Morgan fingerprint density at radius 2 is 2.14 bits per heavy atom. The molecule has 5 fully saturated rings. The van der Waals surface area contributed by atoms with Crippen LogP contribution >= 0.6 is 22.6 Å². The maximum atomic E-state index is 11.6. The number of hydrogen-bond donors (Lipinski definition) is 1. The summed E-state index contributed by atoms with van der Waals surface area (Å²) in [7, 11) is 0. The zero-order chi connectivity index (χ0) is 9.87. The molecule has 3 nitrogen and oxygen atoms in total. The Morgan fingerprint density at radius 3 is 2.79 bits per heavy atom. The number of esters is 1. The average molecular weight is 308 g/mol. The number of ether oxygens (including phenoxy) is 1. The van der Waals surface area contributed by atoms with E-state index in [-0.39, 0.29) is 30.5 Å². The normalized spacial score (nSPS) is 54.9. The zero-order valence-corrected chi connectivity index (χ0v) is 9.88. The van der Waals surface area contributed by atoms with E-state index in [1.54, 1.807) is 0 Å². The number of alkyl halides is 1. The molecule has 0 amide bonds. The van der Waals surface area contributed by atoms with Crippen molar-refractivity contribution in [3.05, 3.63) is 0 Å². The Labute approximate surface area is 96.3 Å². The van der Waals surface area contributed by atoms with Crippen LogP contribution in [-0.2, 0) is 9.53 Å². The monoisotopic (exact) mass is 308 g/mol. The second-order valence-corrected chi connectivity index (χ2v) is 6.06. The van der Waals surface area contributed by atoms with E-state index in [4.69, 9.17) is 4.74 Å². The highest BCUT2D eigenvalue weighted by Gasteiger charge is 2.61. The molecule has 2 heterocycles. The highest BCUT2D eigenvalue weighted by Crippen LogP contribution is 2.56. The summed E-state index contributed by atoms with van der Waals surface area (Å²) >= 11 is 2.42. The summed E-state index contributed by atoms with van der Waals surface area (Å²) in [6.45, 7) is 0.154. The van der Waals surface area contributed by atoms with Gasteiger partial charge in [0, 0.05) is 18.4 Å². The first-order valence-electron chi connectivity index (χ1n) is 5.19. The number of fused-ring (bicyclic) bond motifs is 2. The first-order chi connectivity index (χ1) is 6.74. The maximum Gasteiger partial charge on any atom is 0.309 e. The van der Waals surface area contributed by atoms with Gasteiger partial charge in [-0.1, -0.05) is 22.6 Å². The van der Waals surface area contributed by atoms with Gasteiger partial charge in [-0.2, -0.15) is 0 Å². The van der Waals surface area contributed by atoms with Crippen molar-refractivity contribution in [3.63, 3.8) is 0 Å². The summed E-state index contributed by atoms with van der Waals surface area (Å²) in [5.74, 6) is 1.01. The molecule has 0 radical (unpaired) electrons. The number of carbonyl (C=O) groups is 1. The van der Waals surface area contributed by atoms with Crippen LogP contribution in [0.2, 0.25) is 0 Å².